The standard InChI is InChI=1S/C15H13F3I2N2O2S/c1-7-9(19)3-5-11(21)13(7)14-8(2)10(20)4-6-12(14)22-25(23,24)15(16,17)18/h3-6,22H,21H2,1-2H3. The van der Waals surface area contributed by atoms with Gasteiger partial charge in [-0.2, -0.15) is 21.6 Å². The fraction of sp³-hybridized carbons (Fsp3) is 0.200. The summed E-state index contributed by atoms with van der Waals surface area (Å²) >= 11 is 4.13. The maximum absolute atomic E-state index is 12.8. The first-order valence-electron chi connectivity index (χ1n) is 6.80. The molecule has 0 saturated carbocycles. The van der Waals surface area contributed by atoms with Gasteiger partial charge in [-0.25, -0.2) is 0 Å². The van der Waals surface area contributed by atoms with Crippen molar-refractivity contribution >= 4 is 66.6 Å². The Bertz CT molecular complexity index is 945. The molecule has 0 aromatic heterocycles. The van der Waals surface area contributed by atoms with Gasteiger partial charge >= 0.3 is 15.5 Å². The Labute approximate surface area is 170 Å². The van der Waals surface area contributed by atoms with E-state index in [2.05, 4.69) is 22.6 Å². The fourth-order valence-electron chi connectivity index (χ4n) is 2.34. The zero-order valence-corrected chi connectivity index (χ0v) is 18.1. The van der Waals surface area contributed by atoms with Crippen molar-refractivity contribution in [3.63, 3.8) is 0 Å². The quantitative estimate of drug-likeness (QED) is 0.387. The van der Waals surface area contributed by atoms with Gasteiger partial charge in [-0.3, -0.25) is 4.72 Å². The van der Waals surface area contributed by atoms with E-state index in [1.807, 2.05) is 22.6 Å². The van der Waals surface area contributed by atoms with Crippen molar-refractivity contribution in [2.45, 2.75) is 19.4 Å². The number of hydrogen-bond donors (Lipinski definition) is 2. The highest BCUT2D eigenvalue weighted by atomic mass is 127. The molecule has 2 aromatic carbocycles. The summed E-state index contributed by atoms with van der Waals surface area (Å²) in [6.45, 7) is 3.50. The summed E-state index contributed by atoms with van der Waals surface area (Å²) in [6, 6.07) is 6.29. The van der Waals surface area contributed by atoms with Gasteiger partial charge in [0.2, 0.25) is 0 Å². The molecule has 0 heterocycles. The number of nitrogens with one attached hydrogen (secondary N) is 1. The minimum atomic E-state index is -5.54. The predicted molar refractivity (Wildman–Crippen MR) is 110 cm³/mol. The number of nitrogen functional groups attached to an aromatic ring is 1. The van der Waals surface area contributed by atoms with Crippen molar-refractivity contribution in [3.8, 4) is 11.1 Å². The largest absolute Gasteiger partial charge is 0.516 e. The molecule has 25 heavy (non-hydrogen) atoms. The van der Waals surface area contributed by atoms with Crippen LogP contribution in [0.5, 0.6) is 0 Å². The first-order chi connectivity index (χ1) is 11.4. The van der Waals surface area contributed by atoms with Gasteiger partial charge < -0.3 is 5.73 Å². The third-order valence-corrected chi connectivity index (χ3v) is 7.06. The molecule has 0 radical (unpaired) electrons. The predicted octanol–water partition coefficient (Wildman–Crippen LogP) is 5.02. The molecule has 0 fully saturated rings. The van der Waals surface area contributed by atoms with Crippen LogP contribution in [-0.2, 0) is 10.0 Å². The molecule has 2 rings (SSSR count). The number of hydrogen-bond acceptors (Lipinski definition) is 3. The van der Waals surface area contributed by atoms with Gasteiger partial charge in [0.05, 0.1) is 5.69 Å². The molecule has 3 N–H and O–H groups in total. The molecule has 2 aromatic rings. The summed E-state index contributed by atoms with van der Waals surface area (Å²) in [4.78, 5) is 0. The first kappa shape index (κ1) is 20.6. The summed E-state index contributed by atoms with van der Waals surface area (Å²) in [5.74, 6) is 0. The molecular weight excluding hydrogens is 583 g/mol. The lowest BCUT2D eigenvalue weighted by Crippen LogP contribution is -2.30. The van der Waals surface area contributed by atoms with Gasteiger partial charge in [0.1, 0.15) is 0 Å². The van der Waals surface area contributed by atoms with Crippen molar-refractivity contribution < 1.29 is 21.6 Å². The Hall–Kier alpha value is -0.760. The molecule has 4 nitrogen and oxygen atoms in total. The Morgan fingerprint density at radius 3 is 1.96 bits per heavy atom. The van der Waals surface area contributed by atoms with E-state index in [9.17, 15) is 21.6 Å². The summed E-state index contributed by atoms with van der Waals surface area (Å²) in [5, 5.41) is 0. The molecular formula is C15H13F3I2N2O2S. The monoisotopic (exact) mass is 596 g/mol. The van der Waals surface area contributed by atoms with Crippen molar-refractivity contribution in [2.75, 3.05) is 10.5 Å². The molecule has 0 bridgehead atoms. The van der Waals surface area contributed by atoms with Crippen molar-refractivity contribution in [2.24, 2.45) is 0 Å². The minimum Gasteiger partial charge on any atom is -0.398 e. The zero-order valence-electron chi connectivity index (χ0n) is 13.0. The number of halogens is 5. The van der Waals surface area contributed by atoms with E-state index in [0.717, 1.165) is 12.7 Å². The number of alkyl halides is 3. The summed E-state index contributed by atoms with van der Waals surface area (Å²) in [6.07, 6.45) is 0. The molecule has 0 saturated heterocycles. The number of benzene rings is 2. The van der Waals surface area contributed by atoms with Crippen LogP contribution in [-0.4, -0.2) is 13.9 Å². The highest BCUT2D eigenvalue weighted by molar-refractivity contribution is 14.1. The number of sulfonamides is 1. The van der Waals surface area contributed by atoms with Gasteiger partial charge in [-0.15, -0.1) is 0 Å². The molecule has 0 aliphatic rings. The lowest BCUT2D eigenvalue weighted by atomic mass is 9.93. The van der Waals surface area contributed by atoms with Gasteiger partial charge in [-0.05, 0) is 94.4 Å². The van der Waals surface area contributed by atoms with Crippen molar-refractivity contribution in [1.29, 1.82) is 0 Å². The van der Waals surface area contributed by atoms with E-state index in [1.54, 1.807) is 36.8 Å². The van der Waals surface area contributed by atoms with E-state index in [4.69, 9.17) is 5.73 Å². The van der Waals surface area contributed by atoms with Gasteiger partial charge in [0.25, 0.3) is 0 Å². The summed E-state index contributed by atoms with van der Waals surface area (Å²) < 4.78 is 64.8. The molecule has 10 heteroatoms. The number of rotatable bonds is 3. The highest BCUT2D eigenvalue weighted by Gasteiger charge is 2.46. The van der Waals surface area contributed by atoms with Crippen LogP contribution in [0.4, 0.5) is 24.5 Å². The normalized spacial score (nSPS) is 12.3. The molecule has 0 spiro atoms. The van der Waals surface area contributed by atoms with Gasteiger partial charge in [0, 0.05) is 24.0 Å². The third kappa shape index (κ3) is 3.99. The van der Waals surface area contributed by atoms with E-state index >= 15 is 0 Å². The maximum Gasteiger partial charge on any atom is 0.516 e. The second kappa shape index (κ2) is 7.10. The van der Waals surface area contributed by atoms with Crippen LogP contribution >= 0.6 is 45.2 Å². The average Bonchev–Trinajstić information content (AvgIpc) is 2.48. The topological polar surface area (TPSA) is 72.2 Å². The SMILES string of the molecule is Cc1c(I)ccc(N)c1-c1c(NS(=O)(=O)C(F)(F)F)ccc(I)c1C. The lowest BCUT2D eigenvalue weighted by molar-refractivity contribution is -0.0429. The Balaban J connectivity index is 2.80. The third-order valence-electron chi connectivity index (χ3n) is 3.63. The molecule has 0 aliphatic heterocycles. The maximum atomic E-state index is 12.8. The smallest absolute Gasteiger partial charge is 0.398 e. The molecule has 0 aliphatic carbocycles. The van der Waals surface area contributed by atoms with E-state index in [1.165, 1.54) is 6.07 Å². The lowest BCUT2D eigenvalue weighted by Gasteiger charge is -2.20. The van der Waals surface area contributed by atoms with Crippen LogP contribution in [0.15, 0.2) is 24.3 Å². The van der Waals surface area contributed by atoms with Gasteiger partial charge in [-0.1, -0.05) is 0 Å². The minimum absolute atomic E-state index is 0.160. The van der Waals surface area contributed by atoms with E-state index < -0.39 is 15.5 Å². The Kier molecular flexibility index (Phi) is 5.84. The second-order valence-corrected chi connectivity index (χ2v) is 9.28. The second-order valence-electron chi connectivity index (χ2n) is 5.28. The van der Waals surface area contributed by atoms with Crippen LogP contribution in [0.3, 0.4) is 0 Å². The molecule has 0 unspecified atom stereocenters. The van der Waals surface area contributed by atoms with Gasteiger partial charge in [0.15, 0.2) is 0 Å². The molecule has 0 atom stereocenters. The van der Waals surface area contributed by atoms with Crippen LogP contribution < -0.4 is 10.5 Å². The van der Waals surface area contributed by atoms with Crippen molar-refractivity contribution in [1.82, 2.24) is 0 Å². The molecule has 0 amide bonds. The summed E-state index contributed by atoms with van der Waals surface area (Å²) in [7, 11) is -5.54. The van der Waals surface area contributed by atoms with Crippen LogP contribution in [0.2, 0.25) is 0 Å². The number of nitrogens with two attached hydrogens (primary N) is 1. The van der Waals surface area contributed by atoms with E-state index in [-0.39, 0.29) is 5.69 Å². The average molecular weight is 596 g/mol. The molecule has 136 valence electrons. The van der Waals surface area contributed by atoms with Crippen LogP contribution in [0, 0.1) is 21.0 Å². The Morgan fingerprint density at radius 1 is 0.960 bits per heavy atom. The summed E-state index contributed by atoms with van der Waals surface area (Å²) in [5.41, 5.74) is 3.10. The Morgan fingerprint density at radius 2 is 1.44 bits per heavy atom. The van der Waals surface area contributed by atoms with Crippen LogP contribution in [0.25, 0.3) is 11.1 Å². The van der Waals surface area contributed by atoms with E-state index in [0.29, 0.717) is 22.4 Å². The zero-order chi connectivity index (χ0) is 19.2. The van der Waals surface area contributed by atoms with Crippen LogP contribution in [0.1, 0.15) is 11.1 Å². The number of anilines is 2. The van der Waals surface area contributed by atoms with Crippen molar-refractivity contribution in [3.05, 3.63) is 42.5 Å². The highest BCUT2D eigenvalue weighted by Crippen LogP contribution is 2.41. The first-order valence-corrected chi connectivity index (χ1v) is 10.4. The fourth-order valence-corrected chi connectivity index (χ4v) is 3.81.